The van der Waals surface area contributed by atoms with Gasteiger partial charge in [0.15, 0.2) is 5.11 Å². The van der Waals surface area contributed by atoms with E-state index < -0.39 is 0 Å². The summed E-state index contributed by atoms with van der Waals surface area (Å²) in [7, 11) is 1.56. The van der Waals surface area contributed by atoms with Crippen molar-refractivity contribution in [1.29, 1.82) is 0 Å². The quantitative estimate of drug-likeness (QED) is 0.315. The molecule has 0 aromatic heterocycles. The summed E-state index contributed by atoms with van der Waals surface area (Å²) < 4.78 is 19.0. The van der Waals surface area contributed by atoms with Crippen LogP contribution in [-0.2, 0) is 0 Å². The van der Waals surface area contributed by atoms with Gasteiger partial charge in [0, 0.05) is 22.5 Å². The fourth-order valence-corrected chi connectivity index (χ4v) is 3.57. The molecule has 0 spiro atoms. The van der Waals surface area contributed by atoms with Crippen LogP contribution in [0.5, 0.6) is 5.75 Å². The van der Waals surface area contributed by atoms with Gasteiger partial charge in [-0.15, -0.1) is 0 Å². The molecule has 0 fully saturated rings. The number of amides is 2. The van der Waals surface area contributed by atoms with Crippen molar-refractivity contribution in [3.63, 3.8) is 0 Å². The van der Waals surface area contributed by atoms with Crippen LogP contribution in [0.25, 0.3) is 0 Å². The summed E-state index contributed by atoms with van der Waals surface area (Å²) in [5, 5.41) is 8.27. The van der Waals surface area contributed by atoms with Crippen molar-refractivity contribution in [2.24, 2.45) is 0 Å². The highest BCUT2D eigenvalue weighted by molar-refractivity contribution is 14.1. The van der Waals surface area contributed by atoms with Gasteiger partial charge in [-0.3, -0.25) is 14.9 Å². The lowest BCUT2D eigenvalue weighted by atomic mass is 10.2. The van der Waals surface area contributed by atoms with Crippen molar-refractivity contribution in [1.82, 2.24) is 5.32 Å². The Morgan fingerprint density at radius 3 is 2.29 bits per heavy atom. The molecule has 31 heavy (non-hydrogen) atoms. The van der Waals surface area contributed by atoms with Crippen LogP contribution < -0.4 is 20.7 Å². The van der Waals surface area contributed by atoms with Gasteiger partial charge in [-0.2, -0.15) is 0 Å². The molecular formula is C22H17FIN3O3S. The van der Waals surface area contributed by atoms with Crippen LogP contribution in [0.4, 0.5) is 15.8 Å². The van der Waals surface area contributed by atoms with Gasteiger partial charge in [-0.1, -0.05) is 6.07 Å². The molecule has 0 heterocycles. The molecule has 0 atom stereocenters. The third kappa shape index (κ3) is 6.22. The summed E-state index contributed by atoms with van der Waals surface area (Å²) in [6, 6.07) is 17.1. The molecule has 3 aromatic rings. The van der Waals surface area contributed by atoms with Gasteiger partial charge < -0.3 is 15.4 Å². The van der Waals surface area contributed by atoms with Crippen molar-refractivity contribution < 1.29 is 18.7 Å². The summed E-state index contributed by atoms with van der Waals surface area (Å²) in [4.78, 5) is 24.9. The number of hydrogen-bond acceptors (Lipinski definition) is 4. The largest absolute Gasteiger partial charge is 0.496 e. The number of benzene rings is 3. The second-order valence-electron chi connectivity index (χ2n) is 6.30. The zero-order chi connectivity index (χ0) is 22.4. The minimum Gasteiger partial charge on any atom is -0.496 e. The molecule has 0 aliphatic rings. The van der Waals surface area contributed by atoms with Crippen LogP contribution in [-0.4, -0.2) is 24.0 Å². The molecule has 3 aromatic carbocycles. The van der Waals surface area contributed by atoms with Crippen LogP contribution in [0.1, 0.15) is 20.7 Å². The number of halogens is 2. The average Bonchev–Trinajstić information content (AvgIpc) is 2.75. The maximum atomic E-state index is 13.0. The van der Waals surface area contributed by atoms with Gasteiger partial charge in [0.25, 0.3) is 11.8 Å². The summed E-state index contributed by atoms with van der Waals surface area (Å²) in [5.74, 6) is -0.445. The predicted molar refractivity (Wildman–Crippen MR) is 130 cm³/mol. The summed E-state index contributed by atoms with van der Waals surface area (Å²) in [6.45, 7) is 0. The summed E-state index contributed by atoms with van der Waals surface area (Å²) in [6.07, 6.45) is 0. The second kappa shape index (κ2) is 10.3. The van der Waals surface area contributed by atoms with Crippen LogP contribution in [0.2, 0.25) is 0 Å². The van der Waals surface area contributed by atoms with Gasteiger partial charge in [0.1, 0.15) is 11.6 Å². The molecule has 0 unspecified atom stereocenters. The fourth-order valence-electron chi connectivity index (χ4n) is 2.62. The van der Waals surface area contributed by atoms with Gasteiger partial charge in [-0.05, 0) is 95.5 Å². The number of hydrogen-bond donors (Lipinski definition) is 3. The van der Waals surface area contributed by atoms with Crippen molar-refractivity contribution >= 4 is 63.1 Å². The SMILES string of the molecule is COc1ccc(C(=O)NC(=S)Nc2cccc(C(=O)Nc3ccc(F)cc3)c2)cc1I. The van der Waals surface area contributed by atoms with E-state index >= 15 is 0 Å². The molecule has 158 valence electrons. The van der Waals surface area contributed by atoms with E-state index in [4.69, 9.17) is 17.0 Å². The molecule has 0 aliphatic heterocycles. The molecule has 0 bridgehead atoms. The van der Waals surface area contributed by atoms with E-state index in [-0.39, 0.29) is 22.7 Å². The Labute approximate surface area is 197 Å². The minimum atomic E-state index is -0.385. The van der Waals surface area contributed by atoms with Crippen LogP contribution in [0.3, 0.4) is 0 Å². The van der Waals surface area contributed by atoms with E-state index in [1.165, 1.54) is 24.3 Å². The van der Waals surface area contributed by atoms with Gasteiger partial charge >= 0.3 is 0 Å². The first-order chi connectivity index (χ1) is 14.9. The Morgan fingerprint density at radius 1 is 0.903 bits per heavy atom. The molecule has 2 amide bonds. The maximum Gasteiger partial charge on any atom is 0.257 e. The Balaban J connectivity index is 1.62. The average molecular weight is 549 g/mol. The van der Waals surface area contributed by atoms with Crippen molar-refractivity contribution in [3.8, 4) is 5.75 Å². The third-order valence-electron chi connectivity index (χ3n) is 4.13. The number of rotatable bonds is 5. The molecule has 0 aliphatic carbocycles. The highest BCUT2D eigenvalue weighted by atomic mass is 127. The maximum absolute atomic E-state index is 13.0. The van der Waals surface area contributed by atoms with E-state index in [0.717, 1.165) is 3.57 Å². The van der Waals surface area contributed by atoms with Gasteiger partial charge in [-0.25, -0.2) is 4.39 Å². The van der Waals surface area contributed by atoms with E-state index in [1.54, 1.807) is 49.6 Å². The standard InChI is InChI=1S/C22H17FIN3O3S/c1-30-19-10-5-14(12-18(19)24)21(29)27-22(31)26-17-4-2-3-13(11-17)20(28)25-16-8-6-15(23)7-9-16/h2-12H,1H3,(H,25,28)(H2,26,27,29,31). The minimum absolute atomic E-state index is 0.0897. The van der Waals surface area contributed by atoms with Gasteiger partial charge in [0.2, 0.25) is 0 Å². The molecule has 9 heteroatoms. The normalized spacial score (nSPS) is 10.2. The summed E-state index contributed by atoms with van der Waals surface area (Å²) >= 11 is 7.29. The smallest absolute Gasteiger partial charge is 0.257 e. The second-order valence-corrected chi connectivity index (χ2v) is 7.87. The number of anilines is 2. The first-order valence-electron chi connectivity index (χ1n) is 8.98. The number of nitrogens with one attached hydrogen (secondary N) is 3. The van der Waals surface area contributed by atoms with E-state index in [1.807, 2.05) is 0 Å². The molecule has 3 rings (SSSR count). The van der Waals surface area contributed by atoms with Crippen LogP contribution >= 0.6 is 34.8 Å². The lowest BCUT2D eigenvalue weighted by Gasteiger charge is -2.12. The number of thiocarbonyl (C=S) groups is 1. The zero-order valence-corrected chi connectivity index (χ0v) is 19.2. The van der Waals surface area contributed by atoms with Crippen LogP contribution in [0.15, 0.2) is 66.7 Å². The predicted octanol–water partition coefficient (Wildman–Crippen LogP) is 4.82. The Kier molecular flexibility index (Phi) is 7.53. The highest BCUT2D eigenvalue weighted by Gasteiger charge is 2.12. The number of methoxy groups -OCH3 is 1. The van der Waals surface area contributed by atoms with Crippen LogP contribution in [0, 0.1) is 9.39 Å². The van der Waals surface area contributed by atoms with Crippen molar-refractivity contribution in [2.45, 2.75) is 0 Å². The lowest BCUT2D eigenvalue weighted by molar-refractivity contribution is 0.0976. The van der Waals surface area contributed by atoms with Crippen molar-refractivity contribution in [3.05, 3.63) is 87.2 Å². The zero-order valence-electron chi connectivity index (χ0n) is 16.2. The third-order valence-corrected chi connectivity index (χ3v) is 5.17. The molecule has 0 saturated heterocycles. The van der Waals surface area contributed by atoms with Gasteiger partial charge in [0.05, 0.1) is 10.7 Å². The highest BCUT2D eigenvalue weighted by Crippen LogP contribution is 2.21. The molecule has 0 saturated carbocycles. The Hall–Kier alpha value is -3.05. The Bertz CT molecular complexity index is 1140. The van der Waals surface area contributed by atoms with E-state index in [9.17, 15) is 14.0 Å². The molecule has 0 radical (unpaired) electrons. The first-order valence-corrected chi connectivity index (χ1v) is 10.5. The first kappa shape index (κ1) is 22.6. The number of carbonyl (C=O) groups excluding carboxylic acids is 2. The topological polar surface area (TPSA) is 79.5 Å². The van der Waals surface area contributed by atoms with Crippen molar-refractivity contribution in [2.75, 3.05) is 17.7 Å². The number of ether oxygens (including phenoxy) is 1. The molecular weight excluding hydrogens is 532 g/mol. The molecule has 3 N–H and O–H groups in total. The number of carbonyl (C=O) groups is 2. The monoisotopic (exact) mass is 549 g/mol. The molecule has 6 nitrogen and oxygen atoms in total. The fraction of sp³-hybridized carbons (Fsp3) is 0.0455. The Morgan fingerprint density at radius 2 is 1.61 bits per heavy atom. The summed E-state index contributed by atoms with van der Waals surface area (Å²) in [5.41, 5.74) is 1.80. The van der Waals surface area contributed by atoms with E-state index in [0.29, 0.717) is 28.3 Å². The lowest BCUT2D eigenvalue weighted by Crippen LogP contribution is -2.34. The van der Waals surface area contributed by atoms with E-state index in [2.05, 4.69) is 38.5 Å².